The maximum absolute atomic E-state index is 8.88. The Morgan fingerprint density at radius 2 is 1.93 bits per heavy atom. The van der Waals surface area contributed by atoms with E-state index in [-0.39, 0.29) is 0 Å². The Morgan fingerprint density at radius 1 is 1.36 bits per heavy atom. The molecule has 4 heteroatoms. The molecule has 1 saturated heterocycles. The molecular weight excluding hydrogens is 373 g/mol. The molecule has 0 bridgehead atoms. The summed E-state index contributed by atoms with van der Waals surface area (Å²) >= 11 is 6.41. The van der Waals surface area contributed by atoms with Gasteiger partial charge in [0.2, 0.25) is 0 Å². The molecule has 1 heterocycles. The molecule has 2 aliphatic rings. The summed E-state index contributed by atoms with van der Waals surface area (Å²) in [6.07, 6.45) is 5.13. The maximum atomic E-state index is 8.88. The topological polar surface area (TPSA) is 23.8 Å². The van der Waals surface area contributed by atoms with Crippen LogP contribution in [0.5, 0.6) is 0 Å². The minimum absolute atomic E-state index is 0.347. The minimum atomic E-state index is -1.39. The zero-order valence-corrected chi connectivity index (χ0v) is 13.0. The molecule has 14 heavy (non-hydrogen) atoms. The van der Waals surface area contributed by atoms with E-state index in [1.165, 1.54) is 23.5 Å². The fourth-order valence-corrected chi connectivity index (χ4v) is 18.8. The Labute approximate surface area is 104 Å². The molecule has 0 spiro atoms. The second kappa shape index (κ2) is 4.09. The number of nitrogens with zero attached hydrogens (tertiary/aromatic N) is 1. The van der Waals surface area contributed by atoms with Crippen LogP contribution in [0.15, 0.2) is 0 Å². The summed E-state index contributed by atoms with van der Waals surface area (Å²) < 4.78 is 0.521. The van der Waals surface area contributed by atoms with Crippen LogP contribution in [0.25, 0.3) is 0 Å². The summed E-state index contributed by atoms with van der Waals surface area (Å²) in [5.41, 5.74) is 0. The quantitative estimate of drug-likeness (QED) is 0.514. The van der Waals surface area contributed by atoms with Gasteiger partial charge in [0.25, 0.3) is 0 Å². The molecule has 1 aliphatic heterocycles. The van der Waals surface area contributed by atoms with Crippen molar-refractivity contribution in [2.45, 2.75) is 40.6 Å². The summed E-state index contributed by atoms with van der Waals surface area (Å²) in [4.78, 5) is 0. The third-order valence-electron chi connectivity index (χ3n) is 3.62. The molecule has 0 radical (unpaired) electrons. The van der Waals surface area contributed by atoms with Gasteiger partial charge in [-0.15, -0.1) is 0 Å². The van der Waals surface area contributed by atoms with E-state index in [1.54, 1.807) is 0 Å². The van der Waals surface area contributed by atoms with Crippen LogP contribution >= 0.6 is 30.0 Å². The number of halogens is 2. The number of hydrogen-bond acceptors (Lipinski definition) is 1. The van der Waals surface area contributed by atoms with E-state index >= 15 is 0 Å². The first-order valence-electron chi connectivity index (χ1n) is 5.09. The van der Waals surface area contributed by atoms with Crippen LogP contribution < -0.4 is 0 Å². The van der Waals surface area contributed by atoms with Gasteiger partial charge in [-0.3, -0.25) is 0 Å². The van der Waals surface area contributed by atoms with Crippen molar-refractivity contribution in [1.82, 2.24) is 0 Å². The van der Waals surface area contributed by atoms with Gasteiger partial charge in [0, 0.05) is 0 Å². The van der Waals surface area contributed by atoms with Crippen LogP contribution in [-0.2, 0) is 0 Å². The van der Waals surface area contributed by atoms with Crippen molar-refractivity contribution in [2.24, 2.45) is 5.92 Å². The monoisotopic (exact) mass is 387 g/mol. The second-order valence-corrected chi connectivity index (χ2v) is 18.3. The summed E-state index contributed by atoms with van der Waals surface area (Å²) in [5, 5.41) is 12.9. The number of alkyl halides is 1. The third kappa shape index (κ3) is 1.61. The molecule has 2 rings (SSSR count). The fourth-order valence-electron chi connectivity index (χ4n) is 2.63. The zero-order chi connectivity index (χ0) is 10.2. The molecule has 1 aliphatic carbocycles. The molecule has 0 atom stereocenters. The van der Waals surface area contributed by atoms with Gasteiger partial charge >= 0.3 is 104 Å². The van der Waals surface area contributed by atoms with Crippen LogP contribution in [0.2, 0.25) is 15.0 Å². The number of rotatable bonds is 2. The van der Waals surface area contributed by atoms with Crippen LogP contribution in [0.3, 0.4) is 0 Å². The van der Waals surface area contributed by atoms with Gasteiger partial charge < -0.3 is 0 Å². The van der Waals surface area contributed by atoms with Crippen molar-refractivity contribution in [3.8, 4) is 6.07 Å². The normalized spacial score (nSPS) is 42.5. The van der Waals surface area contributed by atoms with Gasteiger partial charge in [-0.25, -0.2) is 0 Å². The van der Waals surface area contributed by atoms with Gasteiger partial charge in [-0.2, -0.15) is 0 Å². The molecule has 80 valence electrons. The zero-order valence-electron chi connectivity index (χ0n) is 8.14. The van der Waals surface area contributed by atoms with Crippen molar-refractivity contribution < 1.29 is 0 Å². The van der Waals surface area contributed by atoms with E-state index in [0.29, 0.717) is 10.2 Å². The molecule has 0 amide bonds. The predicted octanol–water partition coefficient (Wildman–Crippen LogP) is 4.19. The van der Waals surface area contributed by atoms with Crippen LogP contribution in [0, 0.1) is 17.2 Å². The van der Waals surface area contributed by atoms with Gasteiger partial charge in [0.1, 0.15) is 0 Å². The van der Waals surface area contributed by atoms with Gasteiger partial charge in [-0.1, -0.05) is 0 Å². The van der Waals surface area contributed by atoms with Crippen molar-refractivity contribution in [1.29, 1.82) is 5.26 Å². The summed E-state index contributed by atoms with van der Waals surface area (Å²) in [7, 11) is 0. The standard InChI is InChI=1S/C10H15Br2NSe/c11-8-10(5-9(6-10)7-13)14(12)3-1-2-4-14/h9H,1-6,8H2. The first kappa shape index (κ1) is 11.5. The van der Waals surface area contributed by atoms with Crippen molar-refractivity contribution in [3.63, 3.8) is 0 Å². The third-order valence-corrected chi connectivity index (χ3v) is 20.7. The molecule has 0 aromatic heterocycles. The molecule has 0 N–H and O–H groups in total. The van der Waals surface area contributed by atoms with Crippen LogP contribution in [0.4, 0.5) is 0 Å². The Balaban J connectivity index is 2.11. The average molecular weight is 388 g/mol. The molecule has 0 aromatic rings. The second-order valence-electron chi connectivity index (χ2n) is 4.45. The fraction of sp³-hybridized carbons (Fsp3) is 0.900. The average Bonchev–Trinajstić information content (AvgIpc) is 2.53. The molecule has 1 saturated carbocycles. The Hall–Kier alpha value is 0.969. The summed E-state index contributed by atoms with van der Waals surface area (Å²) in [6, 6.07) is 2.41. The molecule has 0 aromatic carbocycles. The van der Waals surface area contributed by atoms with E-state index < -0.39 is 11.0 Å². The SMILES string of the molecule is N#CC1CC(CBr)([Se]2(Br)CCCC2)C1. The number of nitriles is 1. The van der Waals surface area contributed by atoms with Gasteiger partial charge in [0.05, 0.1) is 0 Å². The van der Waals surface area contributed by atoms with Gasteiger partial charge in [-0.05, 0) is 0 Å². The van der Waals surface area contributed by atoms with E-state index in [9.17, 15) is 0 Å². The molecule has 1 nitrogen and oxygen atoms in total. The van der Waals surface area contributed by atoms with Crippen LogP contribution in [0.1, 0.15) is 25.7 Å². The Kier molecular flexibility index (Phi) is 3.35. The first-order chi connectivity index (χ1) is 6.66. The molecule has 2 fully saturated rings. The van der Waals surface area contributed by atoms with Crippen molar-refractivity contribution in [2.75, 3.05) is 5.33 Å². The van der Waals surface area contributed by atoms with E-state index in [0.717, 1.165) is 18.2 Å². The van der Waals surface area contributed by atoms with Crippen LogP contribution in [-0.4, -0.2) is 16.4 Å². The Morgan fingerprint density at radius 3 is 2.36 bits per heavy atom. The van der Waals surface area contributed by atoms with Crippen molar-refractivity contribution >= 4 is 41.1 Å². The van der Waals surface area contributed by atoms with E-state index in [2.05, 4.69) is 36.1 Å². The van der Waals surface area contributed by atoms with E-state index in [1.807, 2.05) is 0 Å². The van der Waals surface area contributed by atoms with E-state index in [4.69, 9.17) is 5.26 Å². The number of hydrogen-bond donors (Lipinski definition) is 0. The predicted molar refractivity (Wildman–Crippen MR) is 68.4 cm³/mol. The Bertz CT molecular complexity index is 262. The molecule has 0 unspecified atom stereocenters. The summed E-state index contributed by atoms with van der Waals surface area (Å²) in [6.45, 7) is 0. The molecular formula is C10H15Br2NSe. The first-order valence-corrected chi connectivity index (χ1v) is 13.5. The van der Waals surface area contributed by atoms with Gasteiger partial charge in [0.15, 0.2) is 0 Å². The van der Waals surface area contributed by atoms with Crippen molar-refractivity contribution in [3.05, 3.63) is 0 Å². The summed E-state index contributed by atoms with van der Waals surface area (Å²) in [5.74, 6) is 0.347.